The van der Waals surface area contributed by atoms with Crippen LogP contribution in [0.5, 0.6) is 0 Å². The molecule has 0 saturated carbocycles. The molecule has 0 aromatic rings. The number of amides is 2. The van der Waals surface area contributed by atoms with Crippen LogP contribution < -0.4 is 5.32 Å². The second kappa shape index (κ2) is 9.42. The normalized spacial score (nSPS) is 24.0. The van der Waals surface area contributed by atoms with Crippen molar-refractivity contribution in [3.8, 4) is 0 Å². The molecule has 2 aliphatic heterocycles. The first-order valence-corrected chi connectivity index (χ1v) is 10.8. The highest BCUT2D eigenvalue weighted by Gasteiger charge is 2.44. The number of ether oxygens (including phenoxy) is 1. The summed E-state index contributed by atoms with van der Waals surface area (Å²) in [6.45, 7) is 12.7. The molecule has 2 saturated heterocycles. The summed E-state index contributed by atoms with van der Waals surface area (Å²) in [5.41, 5.74) is -2.21. The van der Waals surface area contributed by atoms with Crippen molar-refractivity contribution in [2.45, 2.75) is 84.0 Å². The molecule has 28 heavy (non-hydrogen) atoms. The quantitative estimate of drug-likeness (QED) is 0.770. The first-order valence-electron chi connectivity index (χ1n) is 10.8. The van der Waals surface area contributed by atoms with Gasteiger partial charge >= 0.3 is 6.09 Å². The van der Waals surface area contributed by atoms with Gasteiger partial charge in [0.2, 0.25) is 0 Å². The number of carbonyl (C=O) groups is 2. The van der Waals surface area contributed by atoms with E-state index in [0.717, 1.165) is 19.3 Å². The van der Waals surface area contributed by atoms with Crippen molar-refractivity contribution in [3.63, 3.8) is 0 Å². The summed E-state index contributed by atoms with van der Waals surface area (Å²) in [4.78, 5) is 28.6. The fourth-order valence-corrected chi connectivity index (χ4v) is 3.86. The van der Waals surface area contributed by atoms with Crippen LogP contribution in [-0.2, 0) is 9.53 Å². The van der Waals surface area contributed by atoms with Crippen LogP contribution in [0.4, 0.5) is 9.18 Å². The molecule has 6 nitrogen and oxygen atoms in total. The molecule has 0 aromatic heterocycles. The topological polar surface area (TPSA) is 61.9 Å². The number of halogens is 1. The van der Waals surface area contributed by atoms with Gasteiger partial charge in [0.1, 0.15) is 0 Å². The summed E-state index contributed by atoms with van der Waals surface area (Å²) in [6.07, 6.45) is 2.99. The minimum absolute atomic E-state index is 0.227. The molecule has 0 radical (unpaired) electrons. The van der Waals surface area contributed by atoms with Crippen LogP contribution >= 0.6 is 0 Å². The number of nitrogens with one attached hydrogen (secondary N) is 1. The molecular formula is C21H38FN3O3. The lowest BCUT2D eigenvalue weighted by molar-refractivity contribution is -0.138. The predicted octanol–water partition coefficient (Wildman–Crippen LogP) is 3.35. The summed E-state index contributed by atoms with van der Waals surface area (Å²) in [5, 5.41) is 2.91. The maximum atomic E-state index is 15.3. The molecule has 0 bridgehead atoms. The Morgan fingerprint density at radius 2 is 1.82 bits per heavy atom. The zero-order valence-corrected chi connectivity index (χ0v) is 18.2. The van der Waals surface area contributed by atoms with Crippen molar-refractivity contribution < 1.29 is 18.7 Å². The maximum Gasteiger partial charge on any atom is 0.409 e. The largest absolute Gasteiger partial charge is 0.450 e. The van der Waals surface area contributed by atoms with E-state index >= 15 is 4.39 Å². The highest BCUT2D eigenvalue weighted by molar-refractivity contribution is 5.85. The van der Waals surface area contributed by atoms with Gasteiger partial charge in [-0.3, -0.25) is 4.79 Å². The second-order valence-electron chi connectivity index (χ2n) is 9.10. The van der Waals surface area contributed by atoms with Gasteiger partial charge in [-0.15, -0.1) is 0 Å². The zero-order valence-electron chi connectivity index (χ0n) is 18.2. The number of hydrogen-bond donors (Lipinski definition) is 1. The number of hydrogen-bond acceptors (Lipinski definition) is 4. The second-order valence-corrected chi connectivity index (χ2v) is 9.10. The molecule has 2 aliphatic rings. The fourth-order valence-electron chi connectivity index (χ4n) is 3.86. The maximum absolute atomic E-state index is 15.3. The lowest BCUT2D eigenvalue weighted by Gasteiger charge is -2.41. The van der Waals surface area contributed by atoms with Crippen molar-refractivity contribution in [2.24, 2.45) is 5.92 Å². The van der Waals surface area contributed by atoms with E-state index in [-0.39, 0.29) is 24.9 Å². The van der Waals surface area contributed by atoms with E-state index in [1.807, 2.05) is 34.6 Å². The van der Waals surface area contributed by atoms with Gasteiger partial charge in [-0.1, -0.05) is 13.8 Å². The van der Waals surface area contributed by atoms with E-state index in [9.17, 15) is 9.59 Å². The average Bonchev–Trinajstić information content (AvgIpc) is 2.88. The van der Waals surface area contributed by atoms with Crippen LogP contribution in [0.3, 0.4) is 0 Å². The lowest BCUT2D eigenvalue weighted by atomic mass is 9.86. The Bertz CT molecular complexity index is 545. The third-order valence-electron chi connectivity index (χ3n) is 6.62. The molecule has 0 aromatic carbocycles. The van der Waals surface area contributed by atoms with E-state index in [2.05, 4.69) is 10.2 Å². The van der Waals surface area contributed by atoms with Crippen LogP contribution in [0.1, 0.15) is 66.7 Å². The van der Waals surface area contributed by atoms with Gasteiger partial charge in [-0.2, -0.15) is 0 Å². The Morgan fingerprint density at radius 3 is 2.39 bits per heavy atom. The Morgan fingerprint density at radius 1 is 1.18 bits per heavy atom. The monoisotopic (exact) mass is 399 g/mol. The Hall–Kier alpha value is -1.37. The lowest BCUT2D eigenvalue weighted by Crippen LogP contribution is -2.58. The summed E-state index contributed by atoms with van der Waals surface area (Å²) >= 11 is 0. The van der Waals surface area contributed by atoms with Crippen LogP contribution in [0, 0.1) is 5.92 Å². The van der Waals surface area contributed by atoms with E-state index in [0.29, 0.717) is 38.8 Å². The molecule has 0 aliphatic carbocycles. The van der Waals surface area contributed by atoms with Crippen molar-refractivity contribution in [1.82, 2.24) is 15.1 Å². The zero-order chi connectivity index (χ0) is 20.9. The minimum Gasteiger partial charge on any atom is -0.450 e. The van der Waals surface area contributed by atoms with Crippen molar-refractivity contribution in [3.05, 3.63) is 0 Å². The van der Waals surface area contributed by atoms with Crippen molar-refractivity contribution in [1.29, 1.82) is 0 Å². The summed E-state index contributed by atoms with van der Waals surface area (Å²) < 4.78 is 20.4. The third kappa shape index (κ3) is 5.58. The van der Waals surface area contributed by atoms with Crippen LogP contribution in [-0.4, -0.2) is 71.8 Å². The fraction of sp³-hybridized carbons (Fsp3) is 0.905. The smallest absolute Gasteiger partial charge is 0.409 e. The summed E-state index contributed by atoms with van der Waals surface area (Å²) in [6, 6.07) is 0.333. The highest BCUT2D eigenvalue weighted by Crippen LogP contribution is 2.31. The van der Waals surface area contributed by atoms with Gasteiger partial charge in [-0.05, 0) is 46.0 Å². The molecule has 7 heteroatoms. The number of alkyl halides is 1. The number of carbonyl (C=O) groups excluding carboxylic acids is 2. The van der Waals surface area contributed by atoms with E-state index < -0.39 is 17.1 Å². The van der Waals surface area contributed by atoms with E-state index in [1.54, 1.807) is 4.90 Å². The number of likely N-dealkylation sites (tertiary alicyclic amines) is 2. The minimum atomic E-state index is -1.79. The number of piperidine rings is 1. The van der Waals surface area contributed by atoms with Crippen molar-refractivity contribution in [2.75, 3.05) is 32.8 Å². The summed E-state index contributed by atoms with van der Waals surface area (Å²) in [5.74, 6) is -0.242. The van der Waals surface area contributed by atoms with E-state index in [1.165, 1.54) is 0 Å². The van der Waals surface area contributed by atoms with Gasteiger partial charge in [0.15, 0.2) is 5.67 Å². The standard InChI is InChI=1S/C21H38FN3O3/c1-6-28-19(27)25-12-7-8-17(9-13-25)24-14-10-21(22,11-15-24)18(26)23-20(4,5)16(2)3/h16-17H,6-15H2,1-5H3,(H,23,26). The molecule has 162 valence electrons. The van der Waals surface area contributed by atoms with Gasteiger partial charge < -0.3 is 19.9 Å². The Balaban J connectivity index is 1.87. The average molecular weight is 400 g/mol. The molecule has 1 unspecified atom stereocenters. The molecular weight excluding hydrogens is 361 g/mol. The molecule has 2 heterocycles. The number of nitrogens with zero attached hydrogens (tertiary/aromatic N) is 2. The van der Waals surface area contributed by atoms with Crippen molar-refractivity contribution >= 4 is 12.0 Å². The van der Waals surface area contributed by atoms with Gasteiger partial charge in [-0.25, -0.2) is 9.18 Å². The summed E-state index contributed by atoms with van der Waals surface area (Å²) in [7, 11) is 0. The van der Waals surface area contributed by atoms with Gasteiger partial charge in [0, 0.05) is 50.6 Å². The first-order chi connectivity index (χ1) is 13.1. The Labute approximate surface area is 169 Å². The molecule has 0 spiro atoms. The van der Waals surface area contributed by atoms with E-state index in [4.69, 9.17) is 4.74 Å². The molecule has 2 amide bonds. The Kier molecular flexibility index (Phi) is 7.71. The SMILES string of the molecule is CCOC(=O)N1CCCC(N2CCC(F)(C(=O)NC(C)(C)C(C)C)CC2)CC1. The predicted molar refractivity (Wildman–Crippen MR) is 108 cm³/mol. The molecule has 1 N–H and O–H groups in total. The highest BCUT2D eigenvalue weighted by atomic mass is 19.1. The van der Waals surface area contributed by atoms with Crippen LogP contribution in [0.25, 0.3) is 0 Å². The van der Waals surface area contributed by atoms with Crippen LogP contribution in [0.15, 0.2) is 0 Å². The number of rotatable bonds is 5. The molecule has 2 fully saturated rings. The molecule has 2 rings (SSSR count). The van der Waals surface area contributed by atoms with Gasteiger partial charge in [0.25, 0.3) is 5.91 Å². The third-order valence-corrected chi connectivity index (χ3v) is 6.62. The molecule has 1 atom stereocenters. The van der Waals surface area contributed by atoms with Crippen LogP contribution in [0.2, 0.25) is 0 Å². The first kappa shape index (κ1) is 22.9. The van der Waals surface area contributed by atoms with Gasteiger partial charge in [0.05, 0.1) is 6.61 Å².